The molecule has 0 N–H and O–H groups in total. The first-order chi connectivity index (χ1) is 8.74. The monoisotopic (exact) mass is 315 g/mol. The fourth-order valence-electron chi connectivity index (χ4n) is 1.51. The summed E-state index contributed by atoms with van der Waals surface area (Å²) in [6.07, 6.45) is -12.8. The maximum Gasteiger partial charge on any atom is 0.458 e. The first-order valence-corrected chi connectivity index (χ1v) is 6.12. The van der Waals surface area contributed by atoms with Crippen molar-refractivity contribution in [3.63, 3.8) is 0 Å². The minimum Gasteiger partial charge on any atom is -0.793 e. The average Bonchev–Trinajstić information content (AvgIpc) is 2.31. The molecule has 0 fully saturated rings. The molecular formula is C11H20F7NO. The summed E-state index contributed by atoms with van der Waals surface area (Å²) in [7, 11) is 0. The number of alkyl halides is 7. The van der Waals surface area contributed by atoms with Gasteiger partial charge in [0.2, 0.25) is 0 Å². The van der Waals surface area contributed by atoms with Crippen LogP contribution in [0.3, 0.4) is 0 Å². The van der Waals surface area contributed by atoms with E-state index in [4.69, 9.17) is 5.11 Å². The Hall–Kier alpha value is -0.570. The molecule has 0 aromatic heterocycles. The van der Waals surface area contributed by atoms with Gasteiger partial charge in [-0.05, 0) is 27.7 Å². The molecule has 0 aromatic carbocycles. The van der Waals surface area contributed by atoms with Crippen LogP contribution in [0.2, 0.25) is 0 Å². The van der Waals surface area contributed by atoms with Crippen molar-refractivity contribution in [2.75, 3.05) is 26.2 Å². The summed E-state index contributed by atoms with van der Waals surface area (Å²) in [6, 6.07) is 0. The lowest BCUT2D eigenvalue weighted by molar-refractivity contribution is -0.921. The lowest BCUT2D eigenvalue weighted by atomic mass is 10.3. The van der Waals surface area contributed by atoms with E-state index in [1.165, 1.54) is 30.7 Å². The van der Waals surface area contributed by atoms with Gasteiger partial charge in [-0.3, -0.25) is 0 Å². The Morgan fingerprint density at radius 2 is 0.950 bits per heavy atom. The molecule has 0 bridgehead atoms. The van der Waals surface area contributed by atoms with Gasteiger partial charge < -0.3 is 9.59 Å². The quantitative estimate of drug-likeness (QED) is 0.565. The predicted molar refractivity (Wildman–Crippen MR) is 58.4 cm³/mol. The van der Waals surface area contributed by atoms with Gasteiger partial charge in [0.05, 0.1) is 26.2 Å². The van der Waals surface area contributed by atoms with Crippen molar-refractivity contribution in [1.82, 2.24) is 0 Å². The third-order valence-electron chi connectivity index (χ3n) is 3.40. The van der Waals surface area contributed by atoms with E-state index < -0.39 is 18.2 Å². The van der Waals surface area contributed by atoms with Crippen LogP contribution in [-0.2, 0) is 0 Å². The second-order valence-corrected chi connectivity index (χ2v) is 4.20. The van der Waals surface area contributed by atoms with Crippen LogP contribution in [0.25, 0.3) is 0 Å². The van der Waals surface area contributed by atoms with Crippen LogP contribution in [0.15, 0.2) is 0 Å². The Kier molecular flexibility index (Phi) is 8.08. The Morgan fingerprint density at radius 3 is 0.950 bits per heavy atom. The van der Waals surface area contributed by atoms with Gasteiger partial charge in [0.25, 0.3) is 6.11 Å². The van der Waals surface area contributed by atoms with Crippen LogP contribution in [0.5, 0.6) is 0 Å². The molecule has 0 rings (SSSR count). The number of halogens is 7. The minimum atomic E-state index is -6.52. The summed E-state index contributed by atoms with van der Waals surface area (Å²) in [4.78, 5) is 0. The van der Waals surface area contributed by atoms with Gasteiger partial charge in [-0.1, -0.05) is 0 Å². The molecule has 0 heterocycles. The van der Waals surface area contributed by atoms with Gasteiger partial charge in [-0.15, -0.1) is 0 Å². The highest BCUT2D eigenvalue weighted by Gasteiger charge is 2.67. The molecule has 0 atom stereocenters. The van der Waals surface area contributed by atoms with Gasteiger partial charge in [0.15, 0.2) is 0 Å². The van der Waals surface area contributed by atoms with E-state index in [1.807, 2.05) is 0 Å². The highest BCUT2D eigenvalue weighted by molar-refractivity contribution is 4.81. The van der Waals surface area contributed by atoms with Crippen molar-refractivity contribution >= 4 is 0 Å². The van der Waals surface area contributed by atoms with Crippen LogP contribution in [0, 0.1) is 0 Å². The van der Waals surface area contributed by atoms with Crippen molar-refractivity contribution < 1.29 is 40.3 Å². The molecule has 2 nitrogen and oxygen atoms in total. The average molecular weight is 315 g/mol. The molecule has 0 amide bonds. The normalized spacial score (nSPS) is 13.8. The number of rotatable bonds is 5. The fourth-order valence-corrected chi connectivity index (χ4v) is 1.51. The maximum absolute atomic E-state index is 11.2. The van der Waals surface area contributed by atoms with Gasteiger partial charge in [0.1, 0.15) is 0 Å². The van der Waals surface area contributed by atoms with E-state index in [1.54, 1.807) is 0 Å². The molecule has 0 aliphatic heterocycles. The van der Waals surface area contributed by atoms with Gasteiger partial charge in [-0.2, -0.15) is 22.0 Å². The van der Waals surface area contributed by atoms with Gasteiger partial charge in [-0.25, -0.2) is 8.78 Å². The summed E-state index contributed by atoms with van der Waals surface area (Å²) in [5, 5.41) is 8.97. The summed E-state index contributed by atoms with van der Waals surface area (Å²) >= 11 is 0. The van der Waals surface area contributed by atoms with Crippen LogP contribution < -0.4 is 5.11 Å². The van der Waals surface area contributed by atoms with Crippen LogP contribution in [0.4, 0.5) is 30.7 Å². The molecule has 0 aliphatic carbocycles. The highest BCUT2D eigenvalue weighted by atomic mass is 19.4. The number of nitrogens with zero attached hydrogens (tertiary/aromatic N) is 1. The van der Waals surface area contributed by atoms with E-state index in [2.05, 4.69) is 27.7 Å². The summed E-state index contributed by atoms with van der Waals surface area (Å²) < 4.78 is 78.4. The van der Waals surface area contributed by atoms with Crippen molar-refractivity contribution in [2.45, 2.75) is 45.9 Å². The molecule has 0 spiro atoms. The minimum absolute atomic E-state index is 1.28. The van der Waals surface area contributed by atoms with E-state index in [0.29, 0.717) is 0 Å². The zero-order valence-electron chi connectivity index (χ0n) is 11.8. The van der Waals surface area contributed by atoms with E-state index >= 15 is 0 Å². The molecule has 0 aromatic rings. The molecule has 20 heavy (non-hydrogen) atoms. The zero-order valence-corrected chi connectivity index (χ0v) is 11.8. The maximum atomic E-state index is 11.2. The molecule has 0 radical (unpaired) electrons. The Balaban J connectivity index is 0. The second kappa shape index (κ2) is 7.44. The Morgan fingerprint density at radius 1 is 0.700 bits per heavy atom. The van der Waals surface area contributed by atoms with Crippen LogP contribution in [-0.4, -0.2) is 48.9 Å². The zero-order chi connectivity index (χ0) is 16.8. The van der Waals surface area contributed by atoms with E-state index in [9.17, 15) is 30.7 Å². The van der Waals surface area contributed by atoms with Crippen LogP contribution >= 0.6 is 0 Å². The molecule has 0 saturated carbocycles. The van der Waals surface area contributed by atoms with E-state index in [0.717, 1.165) is 0 Å². The Labute approximate surface area is 113 Å². The third kappa shape index (κ3) is 5.43. The summed E-state index contributed by atoms with van der Waals surface area (Å²) in [5.74, 6) is -6.51. The highest BCUT2D eigenvalue weighted by Crippen LogP contribution is 2.43. The molecule has 124 valence electrons. The topological polar surface area (TPSA) is 23.1 Å². The molecule has 0 aliphatic rings. The Bertz CT molecular complexity index is 235. The fraction of sp³-hybridized carbons (Fsp3) is 1.00. The van der Waals surface area contributed by atoms with E-state index in [-0.39, 0.29) is 0 Å². The van der Waals surface area contributed by atoms with Crippen molar-refractivity contribution in [1.29, 1.82) is 0 Å². The molecular weight excluding hydrogens is 295 g/mol. The smallest absolute Gasteiger partial charge is 0.458 e. The number of quaternary nitrogens is 1. The van der Waals surface area contributed by atoms with Crippen LogP contribution in [0.1, 0.15) is 27.7 Å². The molecule has 9 heteroatoms. The standard InChI is InChI=1S/C8H20N.C3F7O/c1-5-9(6-2,7-3)8-4;4-1(5,2(6,7)8)3(9,10)11/h5-8H2,1-4H3;/q+1;-1. The second-order valence-electron chi connectivity index (χ2n) is 4.20. The lowest BCUT2D eigenvalue weighted by Gasteiger charge is -2.34. The molecule has 0 saturated heterocycles. The summed E-state index contributed by atoms with van der Waals surface area (Å²) in [6.45, 7) is 14.2. The first-order valence-electron chi connectivity index (χ1n) is 6.12. The largest absolute Gasteiger partial charge is 0.793 e. The number of hydrogen-bond acceptors (Lipinski definition) is 1. The SMILES string of the molecule is CC[N+](CC)(CC)CC.[O-]C(F)(F)C(F)(F)C(F)(F)F. The molecule has 0 unspecified atom stereocenters. The van der Waals surface area contributed by atoms with Gasteiger partial charge >= 0.3 is 12.1 Å². The third-order valence-corrected chi connectivity index (χ3v) is 3.40. The summed E-state index contributed by atoms with van der Waals surface area (Å²) in [5.41, 5.74) is 0. The lowest BCUT2D eigenvalue weighted by Crippen LogP contribution is -2.59. The number of hydrogen-bond donors (Lipinski definition) is 0. The van der Waals surface area contributed by atoms with Crippen molar-refractivity contribution in [3.8, 4) is 0 Å². The van der Waals surface area contributed by atoms with Crippen molar-refractivity contribution in [2.24, 2.45) is 0 Å². The first kappa shape index (κ1) is 21.7. The van der Waals surface area contributed by atoms with Crippen molar-refractivity contribution in [3.05, 3.63) is 0 Å². The predicted octanol–water partition coefficient (Wildman–Crippen LogP) is 3.02. The van der Waals surface area contributed by atoms with Gasteiger partial charge in [0, 0.05) is 0 Å².